The molecule has 0 aliphatic carbocycles. The van der Waals surface area contributed by atoms with Gasteiger partial charge in [-0.2, -0.15) is 0 Å². The SMILES string of the molecule is C[C@H](OC(=O)COc1ccc(C=O)cc1)C(=O)N1c2ccccc2C[C@@H]1C. The van der Waals surface area contributed by atoms with E-state index in [9.17, 15) is 14.4 Å². The summed E-state index contributed by atoms with van der Waals surface area (Å²) >= 11 is 0. The maximum absolute atomic E-state index is 12.8. The Morgan fingerprint density at radius 1 is 1.19 bits per heavy atom. The minimum absolute atomic E-state index is 0.0173. The van der Waals surface area contributed by atoms with E-state index in [4.69, 9.17) is 9.47 Å². The minimum Gasteiger partial charge on any atom is -0.482 e. The van der Waals surface area contributed by atoms with Crippen molar-refractivity contribution in [1.29, 1.82) is 0 Å². The molecule has 2 aromatic rings. The predicted octanol–water partition coefficient (Wildman–Crippen LogP) is 2.79. The van der Waals surface area contributed by atoms with Crippen molar-refractivity contribution in [3.63, 3.8) is 0 Å². The number of nitrogens with zero attached hydrogens (tertiary/aromatic N) is 1. The van der Waals surface area contributed by atoms with Crippen LogP contribution in [0.4, 0.5) is 5.69 Å². The van der Waals surface area contributed by atoms with Crippen LogP contribution in [0.3, 0.4) is 0 Å². The average Bonchev–Trinajstić information content (AvgIpc) is 3.01. The third-order valence-electron chi connectivity index (χ3n) is 4.47. The molecule has 0 fully saturated rings. The number of carbonyl (C=O) groups excluding carboxylic acids is 3. The zero-order chi connectivity index (χ0) is 19.4. The van der Waals surface area contributed by atoms with Gasteiger partial charge in [-0.25, -0.2) is 4.79 Å². The largest absolute Gasteiger partial charge is 0.482 e. The molecule has 1 amide bonds. The molecule has 1 heterocycles. The van der Waals surface area contributed by atoms with Gasteiger partial charge in [0.25, 0.3) is 5.91 Å². The number of para-hydroxylation sites is 1. The first-order valence-corrected chi connectivity index (χ1v) is 8.78. The molecule has 1 aliphatic rings. The molecule has 6 heteroatoms. The number of fused-ring (bicyclic) bond motifs is 1. The standard InChI is InChI=1S/C21H21NO5/c1-14-11-17-5-3-4-6-19(17)22(14)21(25)15(2)27-20(24)13-26-18-9-7-16(12-23)8-10-18/h3-10,12,14-15H,11,13H2,1-2H3/t14-,15-/m0/s1. The summed E-state index contributed by atoms with van der Waals surface area (Å²) in [6.07, 6.45) is 0.595. The molecule has 6 nitrogen and oxygen atoms in total. The molecule has 0 radical (unpaired) electrons. The minimum atomic E-state index is -0.910. The van der Waals surface area contributed by atoms with Crippen molar-refractivity contribution in [3.05, 3.63) is 59.7 Å². The Labute approximate surface area is 157 Å². The van der Waals surface area contributed by atoms with E-state index in [-0.39, 0.29) is 18.6 Å². The van der Waals surface area contributed by atoms with Gasteiger partial charge in [0.15, 0.2) is 12.7 Å². The zero-order valence-electron chi connectivity index (χ0n) is 15.3. The number of carbonyl (C=O) groups is 3. The summed E-state index contributed by atoms with van der Waals surface area (Å²) in [5.74, 6) is -0.440. The number of hydrogen-bond acceptors (Lipinski definition) is 5. The van der Waals surface area contributed by atoms with Gasteiger partial charge in [-0.3, -0.25) is 9.59 Å². The van der Waals surface area contributed by atoms with Crippen molar-refractivity contribution in [2.24, 2.45) is 0 Å². The first kappa shape index (κ1) is 18.6. The average molecular weight is 367 g/mol. The van der Waals surface area contributed by atoms with Crippen LogP contribution in [-0.2, 0) is 20.7 Å². The Morgan fingerprint density at radius 3 is 2.59 bits per heavy atom. The third-order valence-corrected chi connectivity index (χ3v) is 4.47. The summed E-state index contributed by atoms with van der Waals surface area (Å²) in [6.45, 7) is 3.22. The summed E-state index contributed by atoms with van der Waals surface area (Å²) in [5.41, 5.74) is 2.49. The van der Waals surface area contributed by atoms with E-state index in [0.29, 0.717) is 11.3 Å². The van der Waals surface area contributed by atoms with Gasteiger partial charge in [-0.05, 0) is 56.2 Å². The van der Waals surface area contributed by atoms with Crippen LogP contribution in [0.25, 0.3) is 0 Å². The Balaban J connectivity index is 1.56. The number of rotatable bonds is 6. The van der Waals surface area contributed by atoms with Crippen molar-refractivity contribution in [3.8, 4) is 5.75 Å². The molecule has 0 aromatic heterocycles. The molecule has 0 bridgehead atoms. The highest BCUT2D eigenvalue weighted by molar-refractivity contribution is 5.99. The molecule has 2 atom stereocenters. The van der Waals surface area contributed by atoms with Crippen LogP contribution < -0.4 is 9.64 Å². The number of aldehydes is 1. The molecular formula is C21H21NO5. The van der Waals surface area contributed by atoms with Crippen molar-refractivity contribution in [2.75, 3.05) is 11.5 Å². The quantitative estimate of drug-likeness (QED) is 0.580. The normalized spacial score (nSPS) is 16.4. The monoisotopic (exact) mass is 367 g/mol. The van der Waals surface area contributed by atoms with E-state index in [1.54, 1.807) is 36.1 Å². The fourth-order valence-corrected chi connectivity index (χ4v) is 3.16. The molecule has 3 rings (SSSR count). The maximum atomic E-state index is 12.8. The second kappa shape index (κ2) is 8.03. The highest BCUT2D eigenvalue weighted by Crippen LogP contribution is 2.32. The third kappa shape index (κ3) is 4.16. The van der Waals surface area contributed by atoms with Gasteiger partial charge in [-0.15, -0.1) is 0 Å². The highest BCUT2D eigenvalue weighted by Gasteiger charge is 2.34. The van der Waals surface area contributed by atoms with Gasteiger partial charge in [0.2, 0.25) is 0 Å². The van der Waals surface area contributed by atoms with E-state index >= 15 is 0 Å². The van der Waals surface area contributed by atoms with Crippen molar-refractivity contribution < 1.29 is 23.9 Å². The van der Waals surface area contributed by atoms with E-state index in [1.165, 1.54) is 0 Å². The van der Waals surface area contributed by atoms with Crippen LogP contribution in [0, 0.1) is 0 Å². The zero-order valence-corrected chi connectivity index (χ0v) is 15.3. The molecular weight excluding hydrogens is 346 g/mol. The van der Waals surface area contributed by atoms with Crippen LogP contribution in [-0.4, -0.2) is 36.9 Å². The van der Waals surface area contributed by atoms with E-state index in [2.05, 4.69) is 0 Å². The Kier molecular flexibility index (Phi) is 5.54. The predicted molar refractivity (Wildman–Crippen MR) is 100.0 cm³/mol. The summed E-state index contributed by atoms with van der Waals surface area (Å²) in [4.78, 5) is 37.1. The maximum Gasteiger partial charge on any atom is 0.344 e. The molecule has 0 N–H and O–H groups in total. The lowest BCUT2D eigenvalue weighted by molar-refractivity contribution is -0.155. The highest BCUT2D eigenvalue weighted by atomic mass is 16.6. The van der Waals surface area contributed by atoms with Crippen LogP contribution in [0.15, 0.2) is 48.5 Å². The number of ether oxygens (including phenoxy) is 2. The number of anilines is 1. The van der Waals surface area contributed by atoms with Crippen molar-refractivity contribution in [1.82, 2.24) is 0 Å². The molecule has 0 saturated heterocycles. The Morgan fingerprint density at radius 2 is 1.89 bits per heavy atom. The lowest BCUT2D eigenvalue weighted by atomic mass is 10.1. The second-order valence-electron chi connectivity index (χ2n) is 6.50. The molecule has 2 aromatic carbocycles. The smallest absolute Gasteiger partial charge is 0.344 e. The Bertz CT molecular complexity index is 846. The fourth-order valence-electron chi connectivity index (χ4n) is 3.16. The van der Waals surface area contributed by atoms with Crippen LogP contribution in [0.2, 0.25) is 0 Å². The summed E-state index contributed by atoms with van der Waals surface area (Å²) in [6, 6.07) is 14.1. The number of benzene rings is 2. The molecule has 0 saturated carbocycles. The van der Waals surface area contributed by atoms with Crippen molar-refractivity contribution >= 4 is 23.9 Å². The van der Waals surface area contributed by atoms with Crippen LogP contribution in [0.1, 0.15) is 29.8 Å². The van der Waals surface area contributed by atoms with Gasteiger partial charge >= 0.3 is 5.97 Å². The van der Waals surface area contributed by atoms with Gasteiger partial charge in [0.1, 0.15) is 12.0 Å². The molecule has 0 unspecified atom stereocenters. The topological polar surface area (TPSA) is 72.9 Å². The number of hydrogen-bond donors (Lipinski definition) is 0. The van der Waals surface area contributed by atoms with Gasteiger partial charge in [0, 0.05) is 17.3 Å². The van der Waals surface area contributed by atoms with E-state index in [1.807, 2.05) is 31.2 Å². The summed E-state index contributed by atoms with van der Waals surface area (Å²) in [7, 11) is 0. The number of amides is 1. The van der Waals surface area contributed by atoms with Crippen LogP contribution in [0.5, 0.6) is 5.75 Å². The van der Waals surface area contributed by atoms with Gasteiger partial charge in [-0.1, -0.05) is 18.2 Å². The molecule has 1 aliphatic heterocycles. The molecule has 27 heavy (non-hydrogen) atoms. The first-order chi connectivity index (χ1) is 13.0. The van der Waals surface area contributed by atoms with E-state index in [0.717, 1.165) is 24.0 Å². The molecule has 0 spiro atoms. The van der Waals surface area contributed by atoms with Gasteiger partial charge < -0.3 is 14.4 Å². The molecule has 140 valence electrons. The van der Waals surface area contributed by atoms with Crippen LogP contribution >= 0.6 is 0 Å². The first-order valence-electron chi connectivity index (χ1n) is 8.78. The number of esters is 1. The van der Waals surface area contributed by atoms with E-state index < -0.39 is 12.1 Å². The van der Waals surface area contributed by atoms with Gasteiger partial charge in [0.05, 0.1) is 0 Å². The van der Waals surface area contributed by atoms with Crippen molar-refractivity contribution in [2.45, 2.75) is 32.4 Å². The lowest BCUT2D eigenvalue weighted by Gasteiger charge is -2.25. The fraction of sp³-hybridized carbons (Fsp3) is 0.286. The second-order valence-corrected chi connectivity index (χ2v) is 6.50. The lowest BCUT2D eigenvalue weighted by Crippen LogP contribution is -2.43. The summed E-state index contributed by atoms with van der Waals surface area (Å²) < 4.78 is 10.6. The Hall–Kier alpha value is -3.15. The summed E-state index contributed by atoms with van der Waals surface area (Å²) in [5, 5.41) is 0.